The fourth-order valence-corrected chi connectivity index (χ4v) is 6.74. The maximum Gasteiger partial charge on any atom is 0.305 e. The van der Waals surface area contributed by atoms with Crippen molar-refractivity contribution in [1.29, 1.82) is 0 Å². The monoisotopic (exact) mass is 537 g/mol. The Balaban J connectivity index is 1.36. The van der Waals surface area contributed by atoms with Gasteiger partial charge in [-0.2, -0.15) is 0 Å². The molecule has 0 saturated carbocycles. The van der Waals surface area contributed by atoms with Crippen LogP contribution >= 0.6 is 0 Å². The largest absolute Gasteiger partial charge is 0.465 e. The average Bonchev–Trinajstić information content (AvgIpc) is 2.94. The van der Waals surface area contributed by atoms with E-state index in [4.69, 9.17) is 9.47 Å². The number of fused-ring (bicyclic) bond motifs is 3. The smallest absolute Gasteiger partial charge is 0.305 e. The van der Waals surface area contributed by atoms with E-state index in [9.17, 15) is 4.79 Å². The molecular formula is C34H66NO3+. The Labute approximate surface area is 237 Å². The van der Waals surface area contributed by atoms with Crippen molar-refractivity contribution in [1.82, 2.24) is 0 Å². The summed E-state index contributed by atoms with van der Waals surface area (Å²) in [5, 5.41) is 0. The van der Waals surface area contributed by atoms with E-state index >= 15 is 0 Å². The normalized spacial score (nSPS) is 21.6. The molecule has 3 aliphatic rings. The number of unbranched alkanes of at least 4 members (excludes halogenated alkanes) is 14. The van der Waals surface area contributed by atoms with Crippen LogP contribution in [0.3, 0.4) is 0 Å². The van der Waals surface area contributed by atoms with Gasteiger partial charge in [0.05, 0.1) is 39.4 Å². The molecule has 38 heavy (non-hydrogen) atoms. The molecule has 224 valence electrons. The van der Waals surface area contributed by atoms with Gasteiger partial charge in [0.25, 0.3) is 0 Å². The number of hydrogen-bond acceptors (Lipinski definition) is 3. The van der Waals surface area contributed by atoms with Crippen molar-refractivity contribution < 1.29 is 18.8 Å². The third kappa shape index (κ3) is 15.8. The van der Waals surface area contributed by atoms with Crippen LogP contribution in [0.4, 0.5) is 0 Å². The first-order chi connectivity index (χ1) is 18.7. The highest BCUT2D eigenvalue weighted by molar-refractivity contribution is 5.69. The van der Waals surface area contributed by atoms with Crippen molar-refractivity contribution in [3.8, 4) is 0 Å². The van der Waals surface area contributed by atoms with Gasteiger partial charge < -0.3 is 14.0 Å². The average molecular weight is 537 g/mol. The molecule has 3 heterocycles. The number of hydrogen-bond donors (Lipinski definition) is 0. The summed E-state index contributed by atoms with van der Waals surface area (Å²) in [4.78, 5) is 12.3. The molecule has 3 aliphatic heterocycles. The molecule has 0 spiro atoms. The Bertz CT molecular complexity index is 544. The Morgan fingerprint density at radius 3 is 1.79 bits per heavy atom. The topological polar surface area (TPSA) is 35.5 Å². The molecule has 0 radical (unpaired) electrons. The Morgan fingerprint density at radius 2 is 1.24 bits per heavy atom. The number of quaternary nitrogens is 1. The molecule has 3 fully saturated rings. The maximum atomic E-state index is 12.3. The van der Waals surface area contributed by atoms with Crippen molar-refractivity contribution in [2.45, 2.75) is 155 Å². The predicted octanol–water partition coefficient (Wildman–Crippen LogP) is 9.24. The van der Waals surface area contributed by atoms with Gasteiger partial charge in [0.15, 0.2) is 0 Å². The molecule has 0 aromatic heterocycles. The van der Waals surface area contributed by atoms with Gasteiger partial charge >= 0.3 is 5.97 Å². The molecule has 4 nitrogen and oxygen atoms in total. The zero-order valence-electron chi connectivity index (χ0n) is 25.8. The van der Waals surface area contributed by atoms with Crippen molar-refractivity contribution in [3.63, 3.8) is 0 Å². The summed E-state index contributed by atoms with van der Waals surface area (Å²) in [5.74, 6) is 1.36. The second-order valence-corrected chi connectivity index (χ2v) is 12.9. The summed E-state index contributed by atoms with van der Waals surface area (Å²) in [7, 11) is 0. The van der Waals surface area contributed by atoms with Gasteiger partial charge in [-0.3, -0.25) is 4.79 Å². The Morgan fingerprint density at radius 1 is 0.684 bits per heavy atom. The number of ether oxygens (including phenoxy) is 2. The van der Waals surface area contributed by atoms with E-state index in [0.29, 0.717) is 18.9 Å². The summed E-state index contributed by atoms with van der Waals surface area (Å²) in [5.41, 5.74) is 0. The van der Waals surface area contributed by atoms with E-state index in [-0.39, 0.29) is 5.97 Å². The van der Waals surface area contributed by atoms with Crippen LogP contribution in [0.5, 0.6) is 0 Å². The second-order valence-electron chi connectivity index (χ2n) is 12.9. The molecule has 0 aliphatic carbocycles. The summed E-state index contributed by atoms with van der Waals surface area (Å²) >= 11 is 0. The second kappa shape index (κ2) is 22.1. The van der Waals surface area contributed by atoms with Crippen molar-refractivity contribution in [3.05, 3.63) is 0 Å². The van der Waals surface area contributed by atoms with E-state index in [1.165, 1.54) is 140 Å². The van der Waals surface area contributed by atoms with Crippen LogP contribution in [0.15, 0.2) is 0 Å². The first-order valence-electron chi connectivity index (χ1n) is 17.3. The number of carbonyl (C=O) groups excluding carboxylic acids is 1. The highest BCUT2D eigenvalue weighted by atomic mass is 16.5. The number of piperidine rings is 3. The molecule has 0 amide bonds. The van der Waals surface area contributed by atoms with E-state index in [2.05, 4.69) is 13.8 Å². The lowest BCUT2D eigenvalue weighted by atomic mass is 9.85. The number of rotatable bonds is 26. The fourth-order valence-electron chi connectivity index (χ4n) is 6.74. The van der Waals surface area contributed by atoms with Crippen LogP contribution in [0.2, 0.25) is 0 Å². The molecule has 1 unspecified atom stereocenters. The van der Waals surface area contributed by atoms with Crippen molar-refractivity contribution >= 4 is 5.97 Å². The Hall–Kier alpha value is -0.610. The minimum absolute atomic E-state index is 0.00423. The Kier molecular flexibility index (Phi) is 19.6. The zero-order chi connectivity index (χ0) is 27.2. The zero-order valence-corrected chi connectivity index (χ0v) is 25.8. The first-order valence-corrected chi connectivity index (χ1v) is 17.3. The third-order valence-corrected chi connectivity index (χ3v) is 9.47. The van der Waals surface area contributed by atoms with Gasteiger partial charge in [-0.15, -0.1) is 0 Å². The van der Waals surface area contributed by atoms with Crippen molar-refractivity contribution in [2.75, 3.05) is 46.0 Å². The van der Waals surface area contributed by atoms with E-state index in [1.54, 1.807) is 0 Å². The molecule has 2 bridgehead atoms. The highest BCUT2D eigenvalue weighted by Gasteiger charge is 2.38. The maximum absolute atomic E-state index is 12.3. The van der Waals surface area contributed by atoms with Crippen LogP contribution < -0.4 is 0 Å². The van der Waals surface area contributed by atoms with Gasteiger partial charge in [0.1, 0.15) is 0 Å². The van der Waals surface area contributed by atoms with Gasteiger partial charge in [-0.05, 0) is 50.9 Å². The van der Waals surface area contributed by atoms with Gasteiger partial charge in [0.2, 0.25) is 0 Å². The molecule has 0 N–H and O–H groups in total. The molecular weight excluding hydrogens is 470 g/mol. The minimum atomic E-state index is -0.00423. The summed E-state index contributed by atoms with van der Waals surface area (Å²) in [6.07, 6.45) is 28.6. The van der Waals surface area contributed by atoms with E-state index in [0.717, 1.165) is 44.8 Å². The highest BCUT2D eigenvalue weighted by Crippen LogP contribution is 2.33. The molecule has 0 aromatic rings. The number of nitrogens with zero attached hydrogens (tertiary/aromatic N) is 1. The van der Waals surface area contributed by atoms with E-state index < -0.39 is 0 Å². The predicted molar refractivity (Wildman–Crippen MR) is 161 cm³/mol. The minimum Gasteiger partial charge on any atom is -0.465 e. The summed E-state index contributed by atoms with van der Waals surface area (Å²) < 4.78 is 13.0. The van der Waals surface area contributed by atoms with Crippen LogP contribution in [-0.4, -0.2) is 56.5 Å². The van der Waals surface area contributed by atoms with Crippen LogP contribution in [0, 0.1) is 11.8 Å². The SMILES string of the molecule is CCCCCCCCCCCCCCCCOCC(CCC)COC(=O)CCCC[N+]12CCC(CC1)CC2. The lowest BCUT2D eigenvalue weighted by Gasteiger charge is -2.49. The lowest BCUT2D eigenvalue weighted by Crippen LogP contribution is -2.58. The molecule has 1 atom stereocenters. The van der Waals surface area contributed by atoms with Gasteiger partial charge in [0, 0.05) is 18.9 Å². The van der Waals surface area contributed by atoms with Gasteiger partial charge in [-0.25, -0.2) is 0 Å². The molecule has 0 aromatic carbocycles. The quantitative estimate of drug-likeness (QED) is 0.0628. The number of carbonyl (C=O) groups is 1. The van der Waals surface area contributed by atoms with Crippen LogP contribution in [-0.2, 0) is 14.3 Å². The first kappa shape index (κ1) is 33.6. The summed E-state index contributed by atoms with van der Waals surface area (Å²) in [6, 6.07) is 0. The van der Waals surface area contributed by atoms with Gasteiger partial charge in [-0.1, -0.05) is 104 Å². The van der Waals surface area contributed by atoms with E-state index in [1.807, 2.05) is 0 Å². The van der Waals surface area contributed by atoms with Crippen LogP contribution in [0.25, 0.3) is 0 Å². The number of esters is 1. The fraction of sp³-hybridized carbons (Fsp3) is 0.971. The lowest BCUT2D eigenvalue weighted by molar-refractivity contribution is -0.942. The van der Waals surface area contributed by atoms with Crippen molar-refractivity contribution in [2.24, 2.45) is 11.8 Å². The molecule has 4 heteroatoms. The molecule has 3 rings (SSSR count). The summed E-state index contributed by atoms with van der Waals surface area (Å²) in [6.45, 7) is 12.0. The third-order valence-electron chi connectivity index (χ3n) is 9.47. The standard InChI is InChI=1S/C34H66NO3/c1-3-5-6-7-8-9-10-11-12-13-14-15-16-19-29-37-30-33(20-4-2)31-38-34(36)21-17-18-25-35-26-22-32(23-27-35)24-28-35/h32-33H,3-31H2,1-2H3/q+1. The molecule has 3 saturated heterocycles. The van der Waals surface area contributed by atoms with Crippen LogP contribution in [0.1, 0.15) is 155 Å².